The Morgan fingerprint density at radius 1 is 1.14 bits per heavy atom. The maximum absolute atomic E-state index is 10.9. The molecule has 1 saturated heterocycles. The number of para-hydroxylation sites is 2. The zero-order chi connectivity index (χ0) is 14.9. The van der Waals surface area contributed by atoms with Crippen LogP contribution in [0.4, 0.5) is 5.69 Å². The highest BCUT2D eigenvalue weighted by atomic mass is 35.5. The van der Waals surface area contributed by atoms with Crippen LogP contribution in [0.3, 0.4) is 0 Å². The molecule has 1 aromatic carbocycles. The van der Waals surface area contributed by atoms with Crippen molar-refractivity contribution in [3.63, 3.8) is 0 Å². The first-order chi connectivity index (χ1) is 9.41. The molecule has 0 spiro atoms. The number of hydrogen-bond donors (Lipinski definition) is 5. The molecule has 8 nitrogen and oxygen atoms in total. The van der Waals surface area contributed by atoms with E-state index >= 15 is 0 Å². The summed E-state index contributed by atoms with van der Waals surface area (Å²) in [5.74, 6) is -1.30. The van der Waals surface area contributed by atoms with E-state index in [0.717, 1.165) is 0 Å². The monoisotopic (exact) mass is 321 g/mol. The number of carbonyl (C=O) groups is 1. The molecule has 3 unspecified atom stereocenters. The van der Waals surface area contributed by atoms with E-state index in [1.807, 2.05) is 0 Å². The highest BCUT2D eigenvalue weighted by Crippen LogP contribution is 2.27. The average molecular weight is 322 g/mol. The van der Waals surface area contributed by atoms with Gasteiger partial charge in [0.2, 0.25) is 6.29 Å². The summed E-state index contributed by atoms with van der Waals surface area (Å²) in [4.78, 5) is 10.9. The number of carboxylic acid groups (broad SMARTS) is 1. The molecule has 0 amide bonds. The number of nitrogens with two attached hydrogens (primary N) is 1. The number of benzene rings is 1. The maximum atomic E-state index is 10.9. The molecule has 1 heterocycles. The molecule has 1 aliphatic heterocycles. The number of carboxylic acids is 1. The summed E-state index contributed by atoms with van der Waals surface area (Å²) in [6, 6.07) is 6.34. The Kier molecular flexibility index (Phi) is 5.76. The highest BCUT2D eigenvalue weighted by Gasteiger charge is 2.48. The average Bonchev–Trinajstić information content (AvgIpc) is 2.41. The van der Waals surface area contributed by atoms with E-state index in [9.17, 15) is 20.1 Å². The summed E-state index contributed by atoms with van der Waals surface area (Å²) in [5.41, 5.74) is 5.91. The van der Waals surface area contributed by atoms with Crippen LogP contribution in [0, 0.1) is 0 Å². The summed E-state index contributed by atoms with van der Waals surface area (Å²) >= 11 is 0. The summed E-state index contributed by atoms with van der Waals surface area (Å²) in [6.07, 6.45) is -8.24. The second-order valence-corrected chi connectivity index (χ2v) is 4.39. The number of aliphatic hydroxyl groups excluding tert-OH is 3. The molecule has 1 aromatic rings. The molecule has 0 aliphatic carbocycles. The number of halogens is 1. The molecule has 118 valence electrons. The van der Waals surface area contributed by atoms with Crippen molar-refractivity contribution in [2.24, 2.45) is 0 Å². The van der Waals surface area contributed by atoms with Crippen molar-refractivity contribution in [1.82, 2.24) is 0 Å². The normalized spacial score (nSPS) is 32.0. The SMILES string of the molecule is Cl.Nc1ccccc1O[C@@H]1OC(C(=O)O)[C@@H](O)C(O)C1O. The quantitative estimate of drug-likeness (QED) is 0.444. The van der Waals surface area contributed by atoms with Gasteiger partial charge in [0.1, 0.15) is 24.1 Å². The lowest BCUT2D eigenvalue weighted by atomic mass is 9.99. The van der Waals surface area contributed by atoms with E-state index < -0.39 is 36.7 Å². The summed E-state index contributed by atoms with van der Waals surface area (Å²) in [6.45, 7) is 0. The van der Waals surface area contributed by atoms with Gasteiger partial charge in [0.15, 0.2) is 6.10 Å². The zero-order valence-electron chi connectivity index (χ0n) is 10.7. The molecule has 0 saturated carbocycles. The van der Waals surface area contributed by atoms with Crippen molar-refractivity contribution in [2.75, 3.05) is 5.73 Å². The van der Waals surface area contributed by atoms with E-state index in [-0.39, 0.29) is 23.8 Å². The summed E-state index contributed by atoms with van der Waals surface area (Å²) < 4.78 is 10.2. The number of nitrogen functional groups attached to an aromatic ring is 1. The highest BCUT2D eigenvalue weighted by molar-refractivity contribution is 5.85. The van der Waals surface area contributed by atoms with Crippen LogP contribution >= 0.6 is 12.4 Å². The number of aliphatic carboxylic acids is 1. The van der Waals surface area contributed by atoms with Crippen molar-refractivity contribution in [3.05, 3.63) is 24.3 Å². The fourth-order valence-electron chi connectivity index (χ4n) is 1.86. The smallest absolute Gasteiger partial charge is 0.335 e. The first-order valence-corrected chi connectivity index (χ1v) is 5.85. The molecule has 1 fully saturated rings. The lowest BCUT2D eigenvalue weighted by molar-refractivity contribution is -0.271. The van der Waals surface area contributed by atoms with Crippen LogP contribution in [0.15, 0.2) is 24.3 Å². The molecular formula is C12H16ClNO7. The Morgan fingerprint density at radius 2 is 1.76 bits per heavy atom. The Bertz CT molecular complexity index is 500. The van der Waals surface area contributed by atoms with Crippen LogP contribution < -0.4 is 10.5 Å². The molecule has 0 aromatic heterocycles. The third-order valence-electron chi connectivity index (χ3n) is 2.98. The van der Waals surface area contributed by atoms with E-state index in [0.29, 0.717) is 0 Å². The minimum absolute atomic E-state index is 0. The minimum atomic E-state index is -1.75. The number of aliphatic hydroxyl groups is 3. The first kappa shape index (κ1) is 17.5. The van der Waals surface area contributed by atoms with Crippen molar-refractivity contribution >= 4 is 24.1 Å². The van der Waals surface area contributed by atoms with Crippen LogP contribution in [0.1, 0.15) is 0 Å². The van der Waals surface area contributed by atoms with Crippen LogP contribution in [0.5, 0.6) is 5.75 Å². The third kappa shape index (κ3) is 3.55. The molecule has 1 aliphatic rings. The fourth-order valence-corrected chi connectivity index (χ4v) is 1.86. The standard InChI is InChI=1S/C12H15NO7.ClH/c13-5-3-1-2-4-6(5)19-12-9(16)7(14)8(15)10(20-12)11(17)18;/h1-4,7-10,12,14-16H,13H2,(H,17,18);1H/t7?,8-,9?,10?,12+;/m0./s1. The van der Waals surface area contributed by atoms with Gasteiger partial charge in [0.05, 0.1) is 5.69 Å². The van der Waals surface area contributed by atoms with E-state index in [2.05, 4.69) is 0 Å². The Balaban J connectivity index is 0.00000220. The second kappa shape index (κ2) is 6.92. The second-order valence-electron chi connectivity index (χ2n) is 4.39. The number of rotatable bonds is 3. The molecule has 2 rings (SSSR count). The van der Waals surface area contributed by atoms with Gasteiger partial charge in [-0.2, -0.15) is 0 Å². The maximum Gasteiger partial charge on any atom is 0.335 e. The Labute approximate surface area is 126 Å². The van der Waals surface area contributed by atoms with Crippen LogP contribution in [-0.2, 0) is 9.53 Å². The lowest BCUT2D eigenvalue weighted by Gasteiger charge is -2.38. The zero-order valence-corrected chi connectivity index (χ0v) is 11.5. The van der Waals surface area contributed by atoms with E-state index in [1.165, 1.54) is 6.07 Å². The predicted octanol–water partition coefficient (Wildman–Crippen LogP) is -1.04. The number of ether oxygens (including phenoxy) is 2. The van der Waals surface area contributed by atoms with Gasteiger partial charge in [-0.1, -0.05) is 12.1 Å². The molecule has 0 radical (unpaired) electrons. The van der Waals surface area contributed by atoms with E-state index in [4.69, 9.17) is 20.3 Å². The van der Waals surface area contributed by atoms with Gasteiger partial charge >= 0.3 is 5.97 Å². The molecule has 0 bridgehead atoms. The molecule has 21 heavy (non-hydrogen) atoms. The topological polar surface area (TPSA) is 142 Å². The van der Waals surface area contributed by atoms with E-state index in [1.54, 1.807) is 18.2 Å². The van der Waals surface area contributed by atoms with Gasteiger partial charge < -0.3 is 35.6 Å². The Hall–Kier alpha value is -1.58. The van der Waals surface area contributed by atoms with Gasteiger partial charge in [-0.25, -0.2) is 4.79 Å². The van der Waals surface area contributed by atoms with Crippen LogP contribution in [-0.4, -0.2) is 57.1 Å². The summed E-state index contributed by atoms with van der Waals surface area (Å²) in [5, 5.41) is 37.8. The Morgan fingerprint density at radius 3 is 2.33 bits per heavy atom. The van der Waals surface area contributed by atoms with Gasteiger partial charge in [0, 0.05) is 0 Å². The van der Waals surface area contributed by atoms with Crippen LogP contribution in [0.2, 0.25) is 0 Å². The van der Waals surface area contributed by atoms with Crippen molar-refractivity contribution in [2.45, 2.75) is 30.7 Å². The van der Waals surface area contributed by atoms with Crippen molar-refractivity contribution < 1.29 is 34.7 Å². The van der Waals surface area contributed by atoms with Crippen molar-refractivity contribution in [1.29, 1.82) is 0 Å². The van der Waals surface area contributed by atoms with Gasteiger partial charge in [-0.15, -0.1) is 12.4 Å². The lowest BCUT2D eigenvalue weighted by Crippen LogP contribution is -2.61. The van der Waals surface area contributed by atoms with Gasteiger partial charge in [0.25, 0.3) is 0 Å². The van der Waals surface area contributed by atoms with Crippen LogP contribution in [0.25, 0.3) is 0 Å². The molecule has 9 heteroatoms. The summed E-state index contributed by atoms with van der Waals surface area (Å²) in [7, 11) is 0. The van der Waals surface area contributed by atoms with Crippen molar-refractivity contribution in [3.8, 4) is 5.75 Å². The predicted molar refractivity (Wildman–Crippen MR) is 73.0 cm³/mol. The van der Waals surface area contributed by atoms with Gasteiger partial charge in [-0.05, 0) is 12.1 Å². The first-order valence-electron chi connectivity index (χ1n) is 5.85. The van der Waals surface area contributed by atoms with Gasteiger partial charge in [-0.3, -0.25) is 0 Å². The largest absolute Gasteiger partial charge is 0.479 e. The third-order valence-corrected chi connectivity index (χ3v) is 2.98. The number of anilines is 1. The molecule has 5 atom stereocenters. The minimum Gasteiger partial charge on any atom is -0.479 e. The molecule has 6 N–H and O–H groups in total. The number of hydrogen-bond acceptors (Lipinski definition) is 7. The molecular weight excluding hydrogens is 306 g/mol. The fraction of sp³-hybridized carbons (Fsp3) is 0.417.